The van der Waals surface area contributed by atoms with Gasteiger partial charge in [-0.15, -0.1) is 0 Å². The van der Waals surface area contributed by atoms with E-state index in [0.717, 1.165) is 50.0 Å². The van der Waals surface area contributed by atoms with Crippen molar-refractivity contribution in [2.45, 2.75) is 32.6 Å². The van der Waals surface area contributed by atoms with Crippen LogP contribution in [0.5, 0.6) is 0 Å². The van der Waals surface area contributed by atoms with E-state index in [1.165, 1.54) is 30.9 Å². The van der Waals surface area contributed by atoms with Gasteiger partial charge < -0.3 is 10.0 Å². The maximum Gasteiger partial charge on any atom is 0.205 e. The van der Waals surface area contributed by atoms with Crippen LogP contribution in [0, 0.1) is 6.92 Å². The van der Waals surface area contributed by atoms with Crippen molar-refractivity contribution in [2.75, 3.05) is 44.2 Å². The maximum absolute atomic E-state index is 8.73. The Hall–Kier alpha value is -0.720. The summed E-state index contributed by atoms with van der Waals surface area (Å²) in [6, 6.07) is 0. The van der Waals surface area contributed by atoms with E-state index in [1.807, 2.05) is 6.92 Å². The lowest BCUT2D eigenvalue weighted by atomic mass is 10.2. The monoisotopic (exact) mass is 284 g/mol. The van der Waals surface area contributed by atoms with E-state index >= 15 is 0 Å². The van der Waals surface area contributed by atoms with Crippen LogP contribution in [0.15, 0.2) is 0 Å². The Labute approximate surface area is 119 Å². The summed E-state index contributed by atoms with van der Waals surface area (Å²) in [6.45, 7) is 7.84. The molecule has 2 heterocycles. The van der Waals surface area contributed by atoms with Crippen LogP contribution in [0.3, 0.4) is 0 Å². The molecule has 5 nitrogen and oxygen atoms in total. The predicted octanol–water partition coefficient (Wildman–Crippen LogP) is 1.52. The van der Waals surface area contributed by atoms with Crippen LogP contribution in [0.1, 0.15) is 31.5 Å². The van der Waals surface area contributed by atoms with Crippen molar-refractivity contribution in [1.82, 2.24) is 14.3 Å². The number of aliphatic hydroxyl groups excluding tert-OH is 1. The summed E-state index contributed by atoms with van der Waals surface area (Å²) in [5, 5.41) is 9.80. The van der Waals surface area contributed by atoms with Crippen LogP contribution >= 0.6 is 11.5 Å². The van der Waals surface area contributed by atoms with Crippen LogP contribution in [0.4, 0.5) is 5.13 Å². The summed E-state index contributed by atoms with van der Waals surface area (Å²) >= 11 is 1.51. The number of aryl methyl sites for hydroxylation is 1. The second-order valence-electron chi connectivity index (χ2n) is 5.09. The molecular formula is C13H24N4OS. The number of hydrogen-bond acceptors (Lipinski definition) is 6. The van der Waals surface area contributed by atoms with Gasteiger partial charge in [-0.05, 0) is 26.3 Å². The Morgan fingerprint density at radius 2 is 1.84 bits per heavy atom. The smallest absolute Gasteiger partial charge is 0.205 e. The van der Waals surface area contributed by atoms with Crippen LogP contribution in [-0.4, -0.2) is 58.7 Å². The fraction of sp³-hybridized carbons (Fsp3) is 0.846. The average molecular weight is 284 g/mol. The van der Waals surface area contributed by atoms with Crippen LogP contribution in [0.2, 0.25) is 0 Å². The van der Waals surface area contributed by atoms with Crippen molar-refractivity contribution in [3.63, 3.8) is 0 Å². The minimum absolute atomic E-state index is 0.333. The van der Waals surface area contributed by atoms with Gasteiger partial charge in [0, 0.05) is 44.3 Å². The predicted molar refractivity (Wildman–Crippen MR) is 78.9 cm³/mol. The molecule has 19 heavy (non-hydrogen) atoms. The summed E-state index contributed by atoms with van der Waals surface area (Å²) in [5.41, 5.74) is 0. The lowest BCUT2D eigenvalue weighted by Gasteiger charge is -2.34. The fourth-order valence-electron chi connectivity index (χ4n) is 2.38. The van der Waals surface area contributed by atoms with Crippen LogP contribution in [0.25, 0.3) is 0 Å². The molecule has 0 radical (unpaired) electrons. The number of unbranched alkanes of at least 4 members (excludes halogenated alkanes) is 3. The van der Waals surface area contributed by atoms with Gasteiger partial charge in [0.1, 0.15) is 5.82 Å². The lowest BCUT2D eigenvalue weighted by Crippen LogP contribution is -2.46. The van der Waals surface area contributed by atoms with Crippen molar-refractivity contribution in [1.29, 1.82) is 0 Å². The number of anilines is 1. The first-order valence-electron chi connectivity index (χ1n) is 7.18. The molecule has 0 aliphatic carbocycles. The zero-order valence-electron chi connectivity index (χ0n) is 11.7. The number of aliphatic hydroxyl groups is 1. The molecule has 1 aromatic rings. The molecule has 0 unspecified atom stereocenters. The van der Waals surface area contributed by atoms with Crippen LogP contribution < -0.4 is 4.90 Å². The SMILES string of the molecule is Cc1nsc(N2CCN(CCCCCCO)CC2)n1. The fourth-order valence-corrected chi connectivity index (χ4v) is 3.10. The molecule has 108 valence electrons. The Bertz CT molecular complexity index is 363. The average Bonchev–Trinajstić information content (AvgIpc) is 2.86. The topological polar surface area (TPSA) is 52.5 Å². The highest BCUT2D eigenvalue weighted by Crippen LogP contribution is 2.18. The van der Waals surface area contributed by atoms with Gasteiger partial charge in [-0.1, -0.05) is 12.8 Å². The zero-order chi connectivity index (χ0) is 13.5. The number of rotatable bonds is 7. The molecular weight excluding hydrogens is 260 g/mol. The van der Waals surface area contributed by atoms with Gasteiger partial charge in [-0.3, -0.25) is 4.90 Å². The Morgan fingerprint density at radius 1 is 1.11 bits per heavy atom. The second-order valence-corrected chi connectivity index (χ2v) is 5.82. The lowest BCUT2D eigenvalue weighted by molar-refractivity contribution is 0.247. The van der Waals surface area contributed by atoms with Gasteiger partial charge in [-0.25, -0.2) is 4.98 Å². The molecule has 6 heteroatoms. The van der Waals surface area contributed by atoms with E-state index in [0.29, 0.717) is 6.61 Å². The van der Waals surface area contributed by atoms with Gasteiger partial charge >= 0.3 is 0 Å². The van der Waals surface area contributed by atoms with Crippen molar-refractivity contribution in [3.05, 3.63) is 5.82 Å². The minimum atomic E-state index is 0.333. The molecule has 1 aliphatic heterocycles. The molecule has 1 fully saturated rings. The zero-order valence-corrected chi connectivity index (χ0v) is 12.5. The van der Waals surface area contributed by atoms with E-state index in [9.17, 15) is 0 Å². The molecule has 0 bridgehead atoms. The first kappa shape index (κ1) is 14.7. The Kier molecular flexibility index (Phi) is 6.00. The second kappa shape index (κ2) is 7.77. The largest absolute Gasteiger partial charge is 0.396 e. The molecule has 0 atom stereocenters. The number of aromatic nitrogens is 2. The quantitative estimate of drug-likeness (QED) is 0.769. The van der Waals surface area contributed by atoms with E-state index < -0.39 is 0 Å². The molecule has 1 aliphatic rings. The van der Waals surface area contributed by atoms with E-state index in [2.05, 4.69) is 19.2 Å². The van der Waals surface area contributed by atoms with Gasteiger partial charge in [-0.2, -0.15) is 4.37 Å². The number of hydrogen-bond donors (Lipinski definition) is 1. The highest BCUT2D eigenvalue weighted by Gasteiger charge is 2.18. The van der Waals surface area contributed by atoms with Crippen LogP contribution in [-0.2, 0) is 0 Å². The summed E-state index contributed by atoms with van der Waals surface area (Å²) in [4.78, 5) is 9.32. The first-order chi connectivity index (χ1) is 9.29. The standard InChI is InChI=1S/C13H24N4OS/c1-12-14-13(19-15-12)17-9-7-16(8-10-17)6-4-2-3-5-11-18/h18H,2-11H2,1H3. The summed E-state index contributed by atoms with van der Waals surface area (Å²) in [7, 11) is 0. The van der Waals surface area contributed by atoms with E-state index in [4.69, 9.17) is 5.11 Å². The highest BCUT2D eigenvalue weighted by molar-refractivity contribution is 7.09. The molecule has 0 spiro atoms. The van der Waals surface area contributed by atoms with Gasteiger partial charge in [0.05, 0.1) is 0 Å². The molecule has 1 saturated heterocycles. The van der Waals surface area contributed by atoms with Gasteiger partial charge in [0.25, 0.3) is 0 Å². The molecule has 0 aromatic carbocycles. The van der Waals surface area contributed by atoms with Gasteiger partial charge in [0.2, 0.25) is 5.13 Å². The third kappa shape index (κ3) is 4.71. The number of piperazine rings is 1. The molecule has 2 rings (SSSR count). The third-order valence-electron chi connectivity index (χ3n) is 3.54. The normalized spacial score (nSPS) is 17.1. The Morgan fingerprint density at radius 3 is 2.47 bits per heavy atom. The van der Waals surface area contributed by atoms with Gasteiger partial charge in [0.15, 0.2) is 0 Å². The molecule has 1 N–H and O–H groups in total. The van der Waals surface area contributed by atoms with Crippen molar-refractivity contribution in [3.8, 4) is 0 Å². The molecule has 0 saturated carbocycles. The van der Waals surface area contributed by atoms with Crippen molar-refractivity contribution in [2.24, 2.45) is 0 Å². The minimum Gasteiger partial charge on any atom is -0.396 e. The maximum atomic E-state index is 8.73. The van der Waals surface area contributed by atoms with E-state index in [1.54, 1.807) is 0 Å². The third-order valence-corrected chi connectivity index (χ3v) is 4.41. The summed E-state index contributed by atoms with van der Waals surface area (Å²) in [6.07, 6.45) is 4.58. The molecule has 1 aromatic heterocycles. The molecule has 0 amide bonds. The number of nitrogens with zero attached hydrogens (tertiary/aromatic N) is 4. The summed E-state index contributed by atoms with van der Waals surface area (Å²) < 4.78 is 4.24. The van der Waals surface area contributed by atoms with Crippen molar-refractivity contribution >= 4 is 16.7 Å². The first-order valence-corrected chi connectivity index (χ1v) is 7.95. The summed E-state index contributed by atoms with van der Waals surface area (Å²) in [5.74, 6) is 0.881. The van der Waals surface area contributed by atoms with E-state index in [-0.39, 0.29) is 0 Å². The van der Waals surface area contributed by atoms with Crippen molar-refractivity contribution < 1.29 is 5.11 Å². The Balaban J connectivity index is 1.62. The highest BCUT2D eigenvalue weighted by atomic mass is 32.1.